The largest absolute Gasteiger partial charge is 0.469 e. The summed E-state index contributed by atoms with van der Waals surface area (Å²) in [5.74, 6) is -1.06. The number of carbonyl (C=O) groups excluding carboxylic acids is 3. The van der Waals surface area contributed by atoms with Crippen LogP contribution in [0.1, 0.15) is 24.5 Å². The fourth-order valence-corrected chi connectivity index (χ4v) is 2.70. The summed E-state index contributed by atoms with van der Waals surface area (Å²) < 4.78 is 15.0. The van der Waals surface area contributed by atoms with Crippen LogP contribution in [0.4, 0.5) is 4.79 Å². The summed E-state index contributed by atoms with van der Waals surface area (Å²) in [5.41, 5.74) is 0.986. The first-order chi connectivity index (χ1) is 12.5. The summed E-state index contributed by atoms with van der Waals surface area (Å²) >= 11 is 0. The molecular formula is C18H24N2O6. The number of morpholine rings is 1. The highest BCUT2D eigenvalue weighted by atomic mass is 16.5. The van der Waals surface area contributed by atoms with Crippen molar-refractivity contribution in [2.24, 2.45) is 0 Å². The predicted octanol–water partition coefficient (Wildman–Crippen LogP) is 1.26. The number of rotatable bonds is 6. The number of nitrogens with zero attached hydrogens (tertiary/aromatic N) is 1. The number of hydrogen-bond acceptors (Lipinski definition) is 6. The molecule has 142 valence electrons. The van der Waals surface area contributed by atoms with E-state index >= 15 is 0 Å². The van der Waals surface area contributed by atoms with Crippen LogP contribution in [0.3, 0.4) is 0 Å². The van der Waals surface area contributed by atoms with Crippen molar-refractivity contribution in [1.29, 1.82) is 0 Å². The fraction of sp³-hybridized carbons (Fsp3) is 0.500. The monoisotopic (exact) mass is 364 g/mol. The maximum Gasteiger partial charge on any atom is 0.328 e. The second-order valence-electron chi connectivity index (χ2n) is 5.86. The molecule has 1 fully saturated rings. The first-order valence-corrected chi connectivity index (χ1v) is 8.41. The molecule has 26 heavy (non-hydrogen) atoms. The lowest BCUT2D eigenvalue weighted by Gasteiger charge is -2.34. The van der Waals surface area contributed by atoms with Gasteiger partial charge in [-0.15, -0.1) is 0 Å². The fourth-order valence-electron chi connectivity index (χ4n) is 2.70. The smallest absolute Gasteiger partial charge is 0.328 e. The minimum atomic E-state index is -0.912. The van der Waals surface area contributed by atoms with Gasteiger partial charge in [-0.1, -0.05) is 30.3 Å². The molecule has 1 aliphatic rings. The second kappa shape index (κ2) is 9.76. The lowest BCUT2D eigenvalue weighted by atomic mass is 10.1. The number of hydrogen-bond donors (Lipinski definition) is 1. The number of ether oxygens (including phenoxy) is 3. The van der Waals surface area contributed by atoms with Crippen LogP contribution in [-0.4, -0.2) is 62.8 Å². The van der Waals surface area contributed by atoms with Crippen LogP contribution in [0.2, 0.25) is 0 Å². The van der Waals surface area contributed by atoms with Gasteiger partial charge < -0.3 is 24.4 Å². The third-order valence-electron chi connectivity index (χ3n) is 4.17. The van der Waals surface area contributed by atoms with Crippen molar-refractivity contribution in [2.45, 2.75) is 25.0 Å². The molecule has 0 aromatic heterocycles. The second-order valence-corrected chi connectivity index (χ2v) is 5.86. The van der Waals surface area contributed by atoms with Gasteiger partial charge in [0.15, 0.2) is 0 Å². The van der Waals surface area contributed by atoms with Gasteiger partial charge in [0.2, 0.25) is 0 Å². The van der Waals surface area contributed by atoms with Crippen molar-refractivity contribution in [3.8, 4) is 0 Å². The topological polar surface area (TPSA) is 94.2 Å². The Balaban J connectivity index is 1.96. The van der Waals surface area contributed by atoms with Crippen LogP contribution in [-0.2, 0) is 23.8 Å². The van der Waals surface area contributed by atoms with E-state index in [0.717, 1.165) is 5.56 Å². The number of urea groups is 1. The zero-order chi connectivity index (χ0) is 18.9. The van der Waals surface area contributed by atoms with Crippen molar-refractivity contribution < 1.29 is 28.6 Å². The molecule has 2 unspecified atom stereocenters. The summed E-state index contributed by atoms with van der Waals surface area (Å²) in [5, 5.41) is 2.64. The first kappa shape index (κ1) is 19.7. The Kier molecular flexibility index (Phi) is 7.40. The Morgan fingerprint density at radius 1 is 1.23 bits per heavy atom. The van der Waals surface area contributed by atoms with Crippen molar-refractivity contribution in [1.82, 2.24) is 10.2 Å². The van der Waals surface area contributed by atoms with Gasteiger partial charge in [-0.05, 0) is 12.0 Å². The van der Waals surface area contributed by atoms with Crippen molar-refractivity contribution in [3.63, 3.8) is 0 Å². The molecule has 1 aromatic carbocycles. The molecule has 1 aromatic rings. The Morgan fingerprint density at radius 2 is 1.96 bits per heavy atom. The summed E-state index contributed by atoms with van der Waals surface area (Å²) in [7, 11) is 2.51. The van der Waals surface area contributed by atoms with Gasteiger partial charge in [-0.2, -0.15) is 0 Å². The van der Waals surface area contributed by atoms with Crippen molar-refractivity contribution in [2.75, 3.05) is 33.9 Å². The predicted molar refractivity (Wildman–Crippen MR) is 92.3 cm³/mol. The molecule has 2 rings (SSSR count). The Morgan fingerprint density at radius 3 is 2.62 bits per heavy atom. The van der Waals surface area contributed by atoms with Crippen LogP contribution in [0.25, 0.3) is 0 Å². The maximum atomic E-state index is 12.6. The standard InChI is InChI=1S/C18H24N2O6/c1-24-16(21)9-8-14(17(22)25-2)19-18(23)20-10-11-26-15(12-20)13-6-4-3-5-7-13/h3-7,14-15H,8-12H2,1-2H3,(H,19,23). The van der Waals surface area contributed by atoms with Gasteiger partial charge in [0.25, 0.3) is 0 Å². The molecular weight excluding hydrogens is 340 g/mol. The van der Waals surface area contributed by atoms with Gasteiger partial charge in [0, 0.05) is 13.0 Å². The summed E-state index contributed by atoms with van der Waals surface area (Å²) in [6, 6.07) is 8.33. The SMILES string of the molecule is COC(=O)CCC(NC(=O)N1CCOC(c2ccccc2)C1)C(=O)OC. The zero-order valence-corrected chi connectivity index (χ0v) is 15.0. The lowest BCUT2D eigenvalue weighted by molar-refractivity contribution is -0.144. The van der Waals surface area contributed by atoms with E-state index < -0.39 is 24.0 Å². The van der Waals surface area contributed by atoms with Crippen LogP contribution in [0.5, 0.6) is 0 Å². The van der Waals surface area contributed by atoms with Gasteiger partial charge in [0.1, 0.15) is 12.1 Å². The summed E-state index contributed by atoms with van der Waals surface area (Å²) in [6.07, 6.45) is -0.105. The molecule has 2 atom stereocenters. The van der Waals surface area contributed by atoms with E-state index in [2.05, 4.69) is 10.1 Å². The van der Waals surface area contributed by atoms with E-state index in [-0.39, 0.29) is 18.9 Å². The highest BCUT2D eigenvalue weighted by molar-refractivity contribution is 5.84. The highest BCUT2D eigenvalue weighted by Crippen LogP contribution is 2.22. The minimum absolute atomic E-state index is 0.00625. The molecule has 1 saturated heterocycles. The zero-order valence-electron chi connectivity index (χ0n) is 15.0. The van der Waals surface area contributed by atoms with Crippen LogP contribution < -0.4 is 5.32 Å². The highest BCUT2D eigenvalue weighted by Gasteiger charge is 2.29. The van der Waals surface area contributed by atoms with Gasteiger partial charge in [0.05, 0.1) is 27.4 Å². The molecule has 0 aliphatic carbocycles. The average molecular weight is 364 g/mol. The number of benzene rings is 1. The Labute approximate surface area is 152 Å². The average Bonchev–Trinajstić information content (AvgIpc) is 2.70. The molecule has 0 saturated carbocycles. The number of methoxy groups -OCH3 is 2. The minimum Gasteiger partial charge on any atom is -0.469 e. The molecule has 0 spiro atoms. The van der Waals surface area contributed by atoms with Crippen LogP contribution >= 0.6 is 0 Å². The molecule has 8 nitrogen and oxygen atoms in total. The van der Waals surface area contributed by atoms with Crippen molar-refractivity contribution >= 4 is 18.0 Å². The van der Waals surface area contributed by atoms with E-state index in [1.165, 1.54) is 14.2 Å². The summed E-state index contributed by atoms with van der Waals surface area (Å²) in [6.45, 7) is 1.19. The van der Waals surface area contributed by atoms with E-state index in [1.54, 1.807) is 4.90 Å². The lowest BCUT2D eigenvalue weighted by Crippen LogP contribution is -2.52. The molecule has 1 aliphatic heterocycles. The third kappa shape index (κ3) is 5.45. The van der Waals surface area contributed by atoms with Crippen LogP contribution in [0.15, 0.2) is 30.3 Å². The van der Waals surface area contributed by atoms with Gasteiger partial charge in [-0.25, -0.2) is 9.59 Å². The number of nitrogens with one attached hydrogen (secondary N) is 1. The first-order valence-electron chi connectivity index (χ1n) is 8.41. The van der Waals surface area contributed by atoms with E-state index in [1.807, 2.05) is 30.3 Å². The normalized spacial score (nSPS) is 17.9. The number of amides is 2. The molecule has 2 amide bonds. The molecule has 8 heteroatoms. The molecule has 1 heterocycles. The Bertz CT molecular complexity index is 621. The van der Waals surface area contributed by atoms with E-state index in [0.29, 0.717) is 19.7 Å². The third-order valence-corrected chi connectivity index (χ3v) is 4.17. The van der Waals surface area contributed by atoms with Gasteiger partial charge in [-0.3, -0.25) is 4.79 Å². The molecule has 0 bridgehead atoms. The number of carbonyl (C=O) groups is 3. The van der Waals surface area contributed by atoms with Crippen molar-refractivity contribution in [3.05, 3.63) is 35.9 Å². The summed E-state index contributed by atoms with van der Waals surface area (Å²) in [4.78, 5) is 37.3. The quantitative estimate of drug-likeness (QED) is 0.764. The maximum absolute atomic E-state index is 12.6. The molecule has 0 radical (unpaired) electrons. The van der Waals surface area contributed by atoms with E-state index in [4.69, 9.17) is 9.47 Å². The van der Waals surface area contributed by atoms with Gasteiger partial charge >= 0.3 is 18.0 Å². The van der Waals surface area contributed by atoms with Crippen LogP contribution in [0, 0.1) is 0 Å². The number of esters is 2. The molecule has 1 N–H and O–H groups in total. The Hall–Kier alpha value is -2.61. The van der Waals surface area contributed by atoms with E-state index in [9.17, 15) is 14.4 Å².